The van der Waals surface area contributed by atoms with Crippen LogP contribution >= 0.6 is 0 Å². The van der Waals surface area contributed by atoms with Gasteiger partial charge in [0.2, 0.25) is 5.91 Å². The number of carboxylic acids is 1. The summed E-state index contributed by atoms with van der Waals surface area (Å²) in [6.45, 7) is -0.298. The molecule has 0 heterocycles. The molecule has 4 heteroatoms. The van der Waals surface area contributed by atoms with Crippen molar-refractivity contribution in [3.05, 3.63) is 35.4 Å². The zero-order valence-electron chi connectivity index (χ0n) is 10.5. The Morgan fingerprint density at radius 1 is 1.32 bits per heavy atom. The van der Waals surface area contributed by atoms with Crippen LogP contribution in [0.15, 0.2) is 24.3 Å². The van der Waals surface area contributed by atoms with Gasteiger partial charge in [-0.1, -0.05) is 30.2 Å². The van der Waals surface area contributed by atoms with Crippen molar-refractivity contribution in [3.8, 4) is 12.3 Å². The van der Waals surface area contributed by atoms with E-state index in [0.717, 1.165) is 11.1 Å². The second kappa shape index (κ2) is 5.57. The predicted octanol–water partition coefficient (Wildman–Crippen LogP) is 0.948. The standard InChI is InChI=1S/C15H15NO3/c1-2-7-16(10-14(17)18)15(19)13-8-11-5-3-4-6-12(11)9-13/h1,3-6,13H,7-10H2,(H,17,18). The number of hydrogen-bond donors (Lipinski definition) is 1. The average Bonchev–Trinajstić information content (AvgIpc) is 2.80. The van der Waals surface area contributed by atoms with Gasteiger partial charge < -0.3 is 10.0 Å². The number of amides is 1. The molecule has 0 aromatic heterocycles. The number of benzene rings is 1. The molecular formula is C15H15NO3. The van der Waals surface area contributed by atoms with Crippen LogP contribution in [0, 0.1) is 18.3 Å². The summed E-state index contributed by atoms with van der Waals surface area (Å²) in [4.78, 5) is 24.3. The number of fused-ring (bicyclic) bond motifs is 1. The summed E-state index contributed by atoms with van der Waals surface area (Å²) < 4.78 is 0. The fourth-order valence-electron chi connectivity index (χ4n) is 2.48. The average molecular weight is 257 g/mol. The van der Waals surface area contributed by atoms with Gasteiger partial charge in [0.1, 0.15) is 6.54 Å². The van der Waals surface area contributed by atoms with Crippen LogP contribution in [0.25, 0.3) is 0 Å². The Bertz CT molecular complexity index is 520. The molecule has 1 aliphatic rings. The van der Waals surface area contributed by atoms with Crippen LogP contribution in [0.3, 0.4) is 0 Å². The van der Waals surface area contributed by atoms with E-state index in [-0.39, 0.29) is 24.9 Å². The van der Waals surface area contributed by atoms with Crippen molar-refractivity contribution in [2.75, 3.05) is 13.1 Å². The largest absolute Gasteiger partial charge is 0.480 e. The van der Waals surface area contributed by atoms with E-state index in [9.17, 15) is 9.59 Å². The molecule has 0 atom stereocenters. The lowest BCUT2D eigenvalue weighted by molar-refractivity contribution is -0.145. The molecule has 0 saturated carbocycles. The van der Waals surface area contributed by atoms with Gasteiger partial charge in [-0.2, -0.15) is 0 Å². The zero-order chi connectivity index (χ0) is 13.8. The Morgan fingerprint density at radius 3 is 2.37 bits per heavy atom. The van der Waals surface area contributed by atoms with Crippen LogP contribution < -0.4 is 0 Å². The van der Waals surface area contributed by atoms with Crippen molar-refractivity contribution in [1.29, 1.82) is 0 Å². The van der Waals surface area contributed by atoms with Crippen LogP contribution in [0.5, 0.6) is 0 Å². The molecule has 1 aromatic rings. The van der Waals surface area contributed by atoms with Gasteiger partial charge >= 0.3 is 5.97 Å². The maximum atomic E-state index is 12.3. The summed E-state index contributed by atoms with van der Waals surface area (Å²) >= 11 is 0. The normalized spacial score (nSPS) is 13.6. The number of terminal acetylenes is 1. The molecule has 98 valence electrons. The Balaban J connectivity index is 2.08. The van der Waals surface area contributed by atoms with Gasteiger partial charge in [0.15, 0.2) is 0 Å². The first-order valence-electron chi connectivity index (χ1n) is 6.12. The lowest BCUT2D eigenvalue weighted by atomic mass is 10.0. The third kappa shape index (κ3) is 2.94. The molecule has 19 heavy (non-hydrogen) atoms. The predicted molar refractivity (Wildman–Crippen MR) is 70.4 cm³/mol. The van der Waals surface area contributed by atoms with E-state index < -0.39 is 5.97 Å². The molecule has 0 spiro atoms. The number of nitrogens with zero attached hydrogens (tertiary/aromatic N) is 1. The lowest BCUT2D eigenvalue weighted by Crippen LogP contribution is -2.40. The topological polar surface area (TPSA) is 57.6 Å². The quantitative estimate of drug-likeness (QED) is 0.817. The van der Waals surface area contributed by atoms with Gasteiger partial charge in [0.25, 0.3) is 0 Å². The second-order valence-corrected chi connectivity index (χ2v) is 4.67. The molecule has 1 aromatic carbocycles. The fourth-order valence-corrected chi connectivity index (χ4v) is 2.48. The molecule has 0 radical (unpaired) electrons. The summed E-state index contributed by atoms with van der Waals surface area (Å²) in [6, 6.07) is 7.90. The Labute approximate surface area is 112 Å². The van der Waals surface area contributed by atoms with Gasteiger partial charge in [-0.25, -0.2) is 0 Å². The maximum absolute atomic E-state index is 12.3. The van der Waals surface area contributed by atoms with Crippen molar-refractivity contribution in [3.63, 3.8) is 0 Å². The Kier molecular flexibility index (Phi) is 3.86. The van der Waals surface area contributed by atoms with Gasteiger partial charge in [-0.05, 0) is 24.0 Å². The molecule has 4 nitrogen and oxygen atoms in total. The smallest absolute Gasteiger partial charge is 0.323 e. The van der Waals surface area contributed by atoms with Gasteiger partial charge in [0.05, 0.1) is 6.54 Å². The minimum absolute atomic E-state index is 0.0397. The van der Waals surface area contributed by atoms with E-state index in [1.54, 1.807) is 0 Å². The van der Waals surface area contributed by atoms with E-state index >= 15 is 0 Å². The maximum Gasteiger partial charge on any atom is 0.323 e. The van der Waals surface area contributed by atoms with Crippen LogP contribution in [-0.4, -0.2) is 35.0 Å². The van der Waals surface area contributed by atoms with Crippen molar-refractivity contribution in [1.82, 2.24) is 4.90 Å². The highest BCUT2D eigenvalue weighted by molar-refractivity contribution is 5.84. The molecule has 0 bridgehead atoms. The summed E-state index contributed by atoms with van der Waals surface area (Å²) in [5.74, 6) is 0.938. The second-order valence-electron chi connectivity index (χ2n) is 4.67. The van der Waals surface area contributed by atoms with Crippen LogP contribution in [0.2, 0.25) is 0 Å². The van der Waals surface area contributed by atoms with Crippen LogP contribution in [0.4, 0.5) is 0 Å². The molecule has 0 unspecified atom stereocenters. The summed E-state index contributed by atoms with van der Waals surface area (Å²) in [5.41, 5.74) is 2.33. The summed E-state index contributed by atoms with van der Waals surface area (Å²) in [5, 5.41) is 8.81. The number of aliphatic carboxylic acids is 1. The molecule has 0 fully saturated rings. The van der Waals surface area contributed by atoms with E-state index in [1.807, 2.05) is 24.3 Å². The number of carbonyl (C=O) groups is 2. The molecular weight excluding hydrogens is 242 g/mol. The minimum atomic E-state index is -1.04. The van der Waals surface area contributed by atoms with Crippen molar-refractivity contribution >= 4 is 11.9 Å². The monoisotopic (exact) mass is 257 g/mol. The third-order valence-corrected chi connectivity index (χ3v) is 3.32. The number of carbonyl (C=O) groups excluding carboxylic acids is 1. The first kappa shape index (κ1) is 13.2. The van der Waals surface area contributed by atoms with Crippen molar-refractivity contribution < 1.29 is 14.7 Å². The first-order chi connectivity index (χ1) is 9.11. The van der Waals surface area contributed by atoms with Gasteiger partial charge in [-0.15, -0.1) is 6.42 Å². The van der Waals surface area contributed by atoms with E-state index in [0.29, 0.717) is 12.8 Å². The highest BCUT2D eigenvalue weighted by Gasteiger charge is 2.30. The summed E-state index contributed by atoms with van der Waals surface area (Å²) in [6.07, 6.45) is 6.51. The first-order valence-corrected chi connectivity index (χ1v) is 6.12. The minimum Gasteiger partial charge on any atom is -0.480 e. The van der Waals surface area contributed by atoms with Gasteiger partial charge in [0, 0.05) is 5.92 Å². The Hall–Kier alpha value is -2.28. The third-order valence-electron chi connectivity index (χ3n) is 3.32. The number of carboxylic acid groups (broad SMARTS) is 1. The SMILES string of the molecule is C#CCN(CC(=O)O)C(=O)C1Cc2ccccc2C1. The molecule has 1 N–H and O–H groups in total. The molecule has 1 aliphatic carbocycles. The lowest BCUT2D eigenvalue weighted by Gasteiger charge is -2.21. The Morgan fingerprint density at radius 2 is 1.89 bits per heavy atom. The zero-order valence-corrected chi connectivity index (χ0v) is 10.5. The van der Waals surface area contributed by atoms with Crippen molar-refractivity contribution in [2.45, 2.75) is 12.8 Å². The highest BCUT2D eigenvalue weighted by Crippen LogP contribution is 2.27. The van der Waals surface area contributed by atoms with Crippen molar-refractivity contribution in [2.24, 2.45) is 5.92 Å². The number of hydrogen-bond acceptors (Lipinski definition) is 2. The molecule has 0 aliphatic heterocycles. The van der Waals surface area contributed by atoms with Crippen LogP contribution in [-0.2, 0) is 22.4 Å². The van der Waals surface area contributed by atoms with Gasteiger partial charge in [-0.3, -0.25) is 9.59 Å². The van der Waals surface area contributed by atoms with E-state index in [4.69, 9.17) is 11.5 Å². The molecule has 2 rings (SSSR count). The highest BCUT2D eigenvalue weighted by atomic mass is 16.4. The van der Waals surface area contributed by atoms with E-state index in [2.05, 4.69) is 5.92 Å². The number of rotatable bonds is 4. The summed E-state index contributed by atoms with van der Waals surface area (Å²) in [7, 11) is 0. The van der Waals surface area contributed by atoms with Crippen LogP contribution in [0.1, 0.15) is 11.1 Å². The molecule has 1 amide bonds. The molecule has 0 saturated heterocycles. The fraction of sp³-hybridized carbons (Fsp3) is 0.333. The van der Waals surface area contributed by atoms with E-state index in [1.165, 1.54) is 4.90 Å².